The molecule has 88 valence electrons. The van der Waals surface area contributed by atoms with Crippen LogP contribution in [0.3, 0.4) is 0 Å². The average Bonchev–Trinajstić information content (AvgIpc) is 2.17. The van der Waals surface area contributed by atoms with Gasteiger partial charge in [-0.25, -0.2) is 4.79 Å². The van der Waals surface area contributed by atoms with Crippen molar-refractivity contribution in [2.24, 2.45) is 0 Å². The Morgan fingerprint density at radius 2 is 1.81 bits per heavy atom. The molecule has 0 spiro atoms. The quantitative estimate of drug-likeness (QED) is 0.702. The van der Waals surface area contributed by atoms with Crippen molar-refractivity contribution in [3.63, 3.8) is 0 Å². The van der Waals surface area contributed by atoms with Crippen LogP contribution in [0.25, 0.3) is 0 Å². The number of carbonyl (C=O) groups is 1. The van der Waals surface area contributed by atoms with Crippen LogP contribution in [-0.4, -0.2) is 18.2 Å². The van der Waals surface area contributed by atoms with E-state index in [1.807, 2.05) is 0 Å². The fraction of sp³-hybridized carbons (Fsp3) is 0.222. The van der Waals surface area contributed by atoms with Gasteiger partial charge in [-0.1, -0.05) is 0 Å². The zero-order chi connectivity index (χ0) is 12.3. The summed E-state index contributed by atoms with van der Waals surface area (Å²) in [6.45, 7) is 0. The lowest BCUT2D eigenvalue weighted by molar-refractivity contribution is -0.137. The third kappa shape index (κ3) is 3.13. The van der Waals surface area contributed by atoms with Crippen LogP contribution in [0.2, 0.25) is 0 Å². The summed E-state index contributed by atoms with van der Waals surface area (Å²) in [5.74, 6) is -0.124. The molecule has 1 aromatic carbocycles. The van der Waals surface area contributed by atoms with E-state index in [1.165, 1.54) is 0 Å². The van der Waals surface area contributed by atoms with Crippen molar-refractivity contribution in [2.45, 2.75) is 6.18 Å². The minimum Gasteiger partial charge on any atom is -0.754 e. The van der Waals surface area contributed by atoms with E-state index in [-0.39, 0.29) is 10.8 Å². The Kier molecular flexibility index (Phi) is 3.38. The van der Waals surface area contributed by atoms with E-state index < -0.39 is 17.8 Å². The van der Waals surface area contributed by atoms with Crippen molar-refractivity contribution in [1.82, 2.24) is 5.06 Å². The standard InChI is InChI=1S/C9H7F3NO3/c1-13(15)8(14)16-7-4-2-6(3-5-7)9(10,11)12/h2-5H,1H3/q-1. The predicted molar refractivity (Wildman–Crippen MR) is 48.6 cm³/mol. The van der Waals surface area contributed by atoms with Gasteiger partial charge < -0.3 is 15.0 Å². The molecule has 0 atom stereocenters. The molecule has 0 bridgehead atoms. The highest BCUT2D eigenvalue weighted by molar-refractivity contribution is 5.70. The van der Waals surface area contributed by atoms with Crippen LogP contribution >= 0.6 is 0 Å². The number of alkyl halides is 3. The van der Waals surface area contributed by atoms with Gasteiger partial charge >= 0.3 is 12.3 Å². The highest BCUT2D eigenvalue weighted by Gasteiger charge is 2.30. The van der Waals surface area contributed by atoms with Crippen molar-refractivity contribution in [1.29, 1.82) is 0 Å². The molecule has 4 nitrogen and oxygen atoms in total. The molecule has 1 aromatic rings. The van der Waals surface area contributed by atoms with Crippen molar-refractivity contribution in [2.75, 3.05) is 7.05 Å². The molecule has 0 aromatic heterocycles. The molecule has 1 amide bonds. The number of benzene rings is 1. The summed E-state index contributed by atoms with van der Waals surface area (Å²) < 4.78 is 40.9. The highest BCUT2D eigenvalue weighted by atomic mass is 19.4. The molecule has 0 saturated carbocycles. The van der Waals surface area contributed by atoms with E-state index in [0.717, 1.165) is 31.3 Å². The van der Waals surface area contributed by atoms with Gasteiger partial charge in [0.05, 0.1) is 5.56 Å². The molecule has 0 fully saturated rings. The average molecular weight is 234 g/mol. The van der Waals surface area contributed by atoms with Gasteiger partial charge in [0.15, 0.2) is 0 Å². The number of hydrogen-bond acceptors (Lipinski definition) is 3. The van der Waals surface area contributed by atoms with Gasteiger partial charge in [0.25, 0.3) is 0 Å². The van der Waals surface area contributed by atoms with Gasteiger partial charge in [0, 0.05) is 7.05 Å². The Morgan fingerprint density at radius 3 is 2.19 bits per heavy atom. The fourth-order valence-electron chi connectivity index (χ4n) is 0.877. The molecule has 16 heavy (non-hydrogen) atoms. The Labute approximate surface area is 88.8 Å². The maximum Gasteiger partial charge on any atom is 0.416 e. The first kappa shape index (κ1) is 12.3. The number of hydrogen-bond donors (Lipinski definition) is 0. The zero-order valence-corrected chi connectivity index (χ0v) is 8.12. The molecule has 0 heterocycles. The fourth-order valence-corrected chi connectivity index (χ4v) is 0.877. The SMILES string of the molecule is CN([O-])C(=O)Oc1ccc(C(F)(F)F)cc1. The lowest BCUT2D eigenvalue weighted by Crippen LogP contribution is -2.23. The predicted octanol–water partition coefficient (Wildman–Crippen LogP) is 2.63. The summed E-state index contributed by atoms with van der Waals surface area (Å²) in [5, 5.41) is 10.4. The first-order chi connectivity index (χ1) is 7.30. The molecule has 0 aliphatic carbocycles. The molecule has 0 aliphatic heterocycles. The zero-order valence-electron chi connectivity index (χ0n) is 8.12. The maximum atomic E-state index is 12.1. The van der Waals surface area contributed by atoms with Crippen LogP contribution in [0.5, 0.6) is 5.75 Å². The Bertz CT molecular complexity index is 373. The number of rotatable bonds is 1. The van der Waals surface area contributed by atoms with Crippen molar-refractivity contribution in [3.05, 3.63) is 35.0 Å². The van der Waals surface area contributed by atoms with E-state index in [4.69, 9.17) is 0 Å². The molecule has 0 N–H and O–H groups in total. The molecule has 7 heteroatoms. The molecular weight excluding hydrogens is 227 g/mol. The van der Waals surface area contributed by atoms with E-state index in [2.05, 4.69) is 4.74 Å². The van der Waals surface area contributed by atoms with Gasteiger partial charge in [-0.05, 0) is 24.3 Å². The minimum absolute atomic E-state index is 0.0718. The maximum absolute atomic E-state index is 12.1. The minimum atomic E-state index is -4.45. The van der Waals surface area contributed by atoms with E-state index in [1.54, 1.807) is 0 Å². The third-order valence-corrected chi connectivity index (χ3v) is 1.64. The van der Waals surface area contributed by atoms with Crippen LogP contribution in [0.15, 0.2) is 24.3 Å². The van der Waals surface area contributed by atoms with Crippen LogP contribution in [0.1, 0.15) is 5.56 Å². The number of hydroxylamine groups is 2. The molecule has 0 aliphatic rings. The van der Waals surface area contributed by atoms with E-state index in [9.17, 15) is 23.2 Å². The summed E-state index contributed by atoms with van der Waals surface area (Å²) in [6, 6.07) is 3.44. The normalized spacial score (nSPS) is 11.1. The topological polar surface area (TPSA) is 52.6 Å². The van der Waals surface area contributed by atoms with Gasteiger partial charge in [-0.15, -0.1) is 0 Å². The first-order valence-corrected chi connectivity index (χ1v) is 4.10. The Hall–Kier alpha value is -1.76. The van der Waals surface area contributed by atoms with Crippen LogP contribution < -0.4 is 4.74 Å². The van der Waals surface area contributed by atoms with Crippen LogP contribution in [0, 0.1) is 5.21 Å². The summed E-state index contributed by atoms with van der Waals surface area (Å²) in [7, 11) is 0.923. The van der Waals surface area contributed by atoms with Crippen molar-refractivity contribution >= 4 is 6.09 Å². The first-order valence-electron chi connectivity index (χ1n) is 4.10. The third-order valence-electron chi connectivity index (χ3n) is 1.64. The number of carbonyl (C=O) groups excluding carboxylic acids is 1. The monoisotopic (exact) mass is 234 g/mol. The van der Waals surface area contributed by atoms with E-state index >= 15 is 0 Å². The molecular formula is C9H7F3NO3-. The number of nitrogens with zero attached hydrogens (tertiary/aromatic N) is 1. The van der Waals surface area contributed by atoms with Gasteiger partial charge in [-0.2, -0.15) is 13.2 Å². The Morgan fingerprint density at radius 1 is 1.31 bits per heavy atom. The second-order valence-corrected chi connectivity index (χ2v) is 2.89. The second kappa shape index (κ2) is 4.40. The van der Waals surface area contributed by atoms with Crippen molar-refractivity contribution < 1.29 is 22.7 Å². The number of amides is 1. The second-order valence-electron chi connectivity index (χ2n) is 2.89. The molecule has 0 saturated heterocycles. The Balaban J connectivity index is 2.76. The highest BCUT2D eigenvalue weighted by Crippen LogP contribution is 2.30. The van der Waals surface area contributed by atoms with Crippen LogP contribution in [0.4, 0.5) is 18.0 Å². The summed E-state index contributed by atoms with van der Waals surface area (Å²) in [5.41, 5.74) is -0.859. The lowest BCUT2D eigenvalue weighted by Gasteiger charge is -2.20. The largest absolute Gasteiger partial charge is 0.754 e. The van der Waals surface area contributed by atoms with Crippen molar-refractivity contribution in [3.8, 4) is 5.75 Å². The lowest BCUT2D eigenvalue weighted by atomic mass is 10.2. The smallest absolute Gasteiger partial charge is 0.416 e. The summed E-state index contributed by atoms with van der Waals surface area (Å²) >= 11 is 0. The van der Waals surface area contributed by atoms with Gasteiger partial charge in [0.2, 0.25) is 0 Å². The summed E-state index contributed by atoms with van der Waals surface area (Å²) in [4.78, 5) is 10.8. The number of ether oxygens (including phenoxy) is 1. The molecule has 0 unspecified atom stereocenters. The van der Waals surface area contributed by atoms with E-state index in [0.29, 0.717) is 0 Å². The van der Waals surface area contributed by atoms with Gasteiger partial charge in [-0.3, -0.25) is 0 Å². The van der Waals surface area contributed by atoms with Crippen LogP contribution in [-0.2, 0) is 6.18 Å². The molecule has 0 radical (unpaired) electrons. The van der Waals surface area contributed by atoms with Gasteiger partial charge in [0.1, 0.15) is 5.75 Å². The molecule has 1 rings (SSSR count). The summed E-state index contributed by atoms with van der Waals surface area (Å²) in [6.07, 6.45) is -5.64. The number of halogens is 3.